The molecule has 3 rings (SSSR count). The molecule has 1 saturated heterocycles. The van der Waals surface area contributed by atoms with Gasteiger partial charge in [-0.25, -0.2) is 12.8 Å². The Hall–Kier alpha value is -1.96. The van der Waals surface area contributed by atoms with E-state index in [2.05, 4.69) is 4.72 Å². The third kappa shape index (κ3) is 4.23. The van der Waals surface area contributed by atoms with Crippen molar-refractivity contribution in [3.05, 3.63) is 35.6 Å². The van der Waals surface area contributed by atoms with Crippen molar-refractivity contribution in [2.45, 2.75) is 44.3 Å². The van der Waals surface area contributed by atoms with Crippen LogP contribution in [0.1, 0.15) is 38.2 Å². The molecule has 6 nitrogen and oxygen atoms in total. The Morgan fingerprint density at radius 2 is 1.92 bits per heavy atom. The van der Waals surface area contributed by atoms with E-state index >= 15 is 0 Å². The molecule has 1 heterocycles. The Morgan fingerprint density at radius 3 is 2.54 bits per heavy atom. The smallest absolute Gasteiger partial charge is 0.241 e. The van der Waals surface area contributed by atoms with Crippen LogP contribution < -0.4 is 4.72 Å². The number of carbonyl (C=O) groups is 2. The highest BCUT2D eigenvalue weighted by Crippen LogP contribution is 2.32. The summed E-state index contributed by atoms with van der Waals surface area (Å²) >= 11 is 0. The molecule has 0 radical (unpaired) electrons. The number of piperidine rings is 1. The molecule has 1 saturated carbocycles. The topological polar surface area (TPSA) is 83.6 Å². The molecule has 1 aromatic carbocycles. The van der Waals surface area contributed by atoms with Crippen LogP contribution >= 0.6 is 0 Å². The largest absolute Gasteiger partial charge is 0.341 e. The standard InChI is InChI=1S/C18H23FN2O4S/c1-18(17(23)20-26(24,25)15-7-8-15)9-2-10-21(12-18)16(22)11-13-3-5-14(19)6-4-13/h3-6,15H,2,7-12H2,1H3,(H,20,23). The number of hydrogen-bond acceptors (Lipinski definition) is 4. The predicted molar refractivity (Wildman–Crippen MR) is 94.1 cm³/mol. The average molecular weight is 382 g/mol. The van der Waals surface area contributed by atoms with Crippen LogP contribution in [0.3, 0.4) is 0 Å². The highest BCUT2D eigenvalue weighted by Gasteiger charge is 2.44. The van der Waals surface area contributed by atoms with E-state index in [-0.39, 0.29) is 24.7 Å². The first kappa shape index (κ1) is 18.8. The molecule has 142 valence electrons. The van der Waals surface area contributed by atoms with Gasteiger partial charge in [0.2, 0.25) is 21.8 Å². The van der Waals surface area contributed by atoms with Gasteiger partial charge in [-0.05, 0) is 50.3 Å². The summed E-state index contributed by atoms with van der Waals surface area (Å²) in [6.45, 7) is 2.40. The molecule has 1 atom stereocenters. The van der Waals surface area contributed by atoms with Gasteiger partial charge in [0.25, 0.3) is 0 Å². The monoisotopic (exact) mass is 382 g/mol. The maximum atomic E-state index is 13.0. The van der Waals surface area contributed by atoms with Gasteiger partial charge in [-0.15, -0.1) is 0 Å². The molecular formula is C18H23FN2O4S. The lowest BCUT2D eigenvalue weighted by Gasteiger charge is -2.39. The molecule has 2 aliphatic rings. The van der Waals surface area contributed by atoms with Gasteiger partial charge in [-0.3, -0.25) is 14.3 Å². The molecule has 0 aromatic heterocycles. The van der Waals surface area contributed by atoms with E-state index in [1.807, 2.05) is 0 Å². The van der Waals surface area contributed by atoms with Crippen molar-refractivity contribution in [2.75, 3.05) is 13.1 Å². The second-order valence-corrected chi connectivity index (χ2v) is 9.42. The molecule has 2 fully saturated rings. The molecule has 2 amide bonds. The number of amides is 2. The number of sulfonamides is 1. The van der Waals surface area contributed by atoms with E-state index in [1.165, 1.54) is 12.1 Å². The Kier molecular flexibility index (Phi) is 5.05. The summed E-state index contributed by atoms with van der Waals surface area (Å²) < 4.78 is 39.2. The number of rotatable bonds is 5. The van der Waals surface area contributed by atoms with Gasteiger partial charge in [0.1, 0.15) is 5.82 Å². The minimum absolute atomic E-state index is 0.123. The number of benzene rings is 1. The first-order chi connectivity index (χ1) is 12.2. The fourth-order valence-corrected chi connectivity index (χ4v) is 4.67. The first-order valence-corrected chi connectivity index (χ1v) is 10.3. The molecule has 26 heavy (non-hydrogen) atoms. The summed E-state index contributed by atoms with van der Waals surface area (Å²) in [5, 5.41) is -0.463. The van der Waals surface area contributed by atoms with Crippen LogP contribution in [0.4, 0.5) is 4.39 Å². The summed E-state index contributed by atoms with van der Waals surface area (Å²) in [5.74, 6) is -1.05. The van der Waals surface area contributed by atoms with Crippen molar-refractivity contribution in [1.29, 1.82) is 0 Å². The summed E-state index contributed by atoms with van der Waals surface area (Å²) in [5.41, 5.74) is -0.233. The van der Waals surface area contributed by atoms with Crippen molar-refractivity contribution in [3.63, 3.8) is 0 Å². The zero-order valence-electron chi connectivity index (χ0n) is 14.7. The molecule has 1 aliphatic carbocycles. The molecule has 0 spiro atoms. The SMILES string of the molecule is CC1(C(=O)NS(=O)(=O)C2CC2)CCCN(C(=O)Cc2ccc(F)cc2)C1. The number of hydrogen-bond donors (Lipinski definition) is 1. The molecule has 1 unspecified atom stereocenters. The zero-order valence-corrected chi connectivity index (χ0v) is 15.5. The predicted octanol–water partition coefficient (Wildman–Crippen LogP) is 1.61. The molecular weight excluding hydrogens is 359 g/mol. The fraction of sp³-hybridized carbons (Fsp3) is 0.556. The highest BCUT2D eigenvalue weighted by atomic mass is 32.2. The second kappa shape index (κ2) is 6.98. The number of carbonyl (C=O) groups excluding carboxylic acids is 2. The number of nitrogens with one attached hydrogen (secondary N) is 1. The van der Waals surface area contributed by atoms with Crippen molar-refractivity contribution >= 4 is 21.8 Å². The maximum absolute atomic E-state index is 13.0. The van der Waals surface area contributed by atoms with E-state index in [1.54, 1.807) is 24.0 Å². The van der Waals surface area contributed by atoms with E-state index < -0.39 is 26.6 Å². The van der Waals surface area contributed by atoms with Crippen LogP contribution in [-0.2, 0) is 26.0 Å². The van der Waals surface area contributed by atoms with Crippen LogP contribution in [0.5, 0.6) is 0 Å². The number of likely N-dealkylation sites (tertiary alicyclic amines) is 1. The van der Waals surface area contributed by atoms with E-state index in [9.17, 15) is 22.4 Å². The molecule has 1 aromatic rings. The van der Waals surface area contributed by atoms with E-state index in [0.717, 1.165) is 0 Å². The summed E-state index contributed by atoms with van der Waals surface area (Å²) in [6, 6.07) is 5.73. The van der Waals surface area contributed by atoms with Crippen LogP contribution in [0, 0.1) is 11.2 Å². The highest BCUT2D eigenvalue weighted by molar-refractivity contribution is 7.90. The maximum Gasteiger partial charge on any atom is 0.241 e. The van der Waals surface area contributed by atoms with Crippen molar-refractivity contribution in [2.24, 2.45) is 5.41 Å². The summed E-state index contributed by atoms with van der Waals surface area (Å²) in [6.07, 6.45) is 2.45. The third-order valence-corrected chi connectivity index (χ3v) is 6.88. The van der Waals surface area contributed by atoms with Gasteiger partial charge in [0.15, 0.2) is 0 Å². The normalized spacial score (nSPS) is 23.5. The first-order valence-electron chi connectivity index (χ1n) is 8.78. The van der Waals surface area contributed by atoms with E-state index in [0.29, 0.717) is 37.8 Å². The third-order valence-electron chi connectivity index (χ3n) is 5.06. The number of nitrogens with zero attached hydrogens (tertiary/aromatic N) is 1. The average Bonchev–Trinajstić information content (AvgIpc) is 3.42. The minimum atomic E-state index is -3.60. The van der Waals surface area contributed by atoms with Gasteiger partial charge in [0.05, 0.1) is 17.1 Å². The van der Waals surface area contributed by atoms with Crippen molar-refractivity contribution < 1.29 is 22.4 Å². The van der Waals surface area contributed by atoms with Gasteiger partial charge < -0.3 is 4.90 Å². The van der Waals surface area contributed by atoms with Crippen LogP contribution in [0.15, 0.2) is 24.3 Å². The van der Waals surface area contributed by atoms with Crippen molar-refractivity contribution in [3.8, 4) is 0 Å². The molecule has 1 aliphatic heterocycles. The minimum Gasteiger partial charge on any atom is -0.341 e. The van der Waals surface area contributed by atoms with Crippen LogP contribution in [0.2, 0.25) is 0 Å². The molecule has 8 heteroatoms. The Labute approximate surface area is 152 Å². The van der Waals surface area contributed by atoms with Crippen molar-refractivity contribution in [1.82, 2.24) is 9.62 Å². The summed E-state index contributed by atoms with van der Waals surface area (Å²) in [7, 11) is -3.60. The van der Waals surface area contributed by atoms with Gasteiger partial charge in [-0.2, -0.15) is 0 Å². The molecule has 0 bridgehead atoms. The Bertz CT molecular complexity index is 805. The number of halogens is 1. The van der Waals surface area contributed by atoms with Crippen LogP contribution in [-0.4, -0.2) is 43.5 Å². The van der Waals surface area contributed by atoms with Gasteiger partial charge in [0, 0.05) is 13.1 Å². The molecule has 1 N–H and O–H groups in total. The zero-order chi connectivity index (χ0) is 18.9. The quantitative estimate of drug-likeness (QED) is 0.839. The fourth-order valence-electron chi connectivity index (χ4n) is 3.24. The van der Waals surface area contributed by atoms with Gasteiger partial charge in [-0.1, -0.05) is 12.1 Å². The van der Waals surface area contributed by atoms with Crippen LogP contribution in [0.25, 0.3) is 0 Å². The lowest BCUT2D eigenvalue weighted by molar-refractivity contribution is -0.139. The lowest BCUT2D eigenvalue weighted by atomic mass is 9.81. The van der Waals surface area contributed by atoms with E-state index in [4.69, 9.17) is 0 Å². The Balaban J connectivity index is 1.64. The lowest BCUT2D eigenvalue weighted by Crippen LogP contribution is -2.53. The van der Waals surface area contributed by atoms with Gasteiger partial charge >= 0.3 is 0 Å². The Morgan fingerprint density at radius 1 is 1.27 bits per heavy atom. The second-order valence-electron chi connectivity index (χ2n) is 7.46. The summed E-state index contributed by atoms with van der Waals surface area (Å²) in [4.78, 5) is 26.7.